The number of fused-ring (bicyclic) bond motifs is 1. The Morgan fingerprint density at radius 1 is 0.953 bits per heavy atom. The molecule has 12 heteroatoms. The van der Waals surface area contributed by atoms with Crippen molar-refractivity contribution in [3.05, 3.63) is 75.8 Å². The van der Waals surface area contributed by atoms with Crippen LogP contribution in [0.5, 0.6) is 28.7 Å². The Bertz CT molecular complexity index is 1480. The minimum atomic E-state index is -0.914. The quantitative estimate of drug-likeness (QED) is 0.182. The molecule has 0 fully saturated rings. The van der Waals surface area contributed by atoms with Crippen molar-refractivity contribution >= 4 is 41.2 Å². The Hall–Kier alpha value is -4.15. The fourth-order valence-corrected chi connectivity index (χ4v) is 4.58. The van der Waals surface area contributed by atoms with Crippen LogP contribution in [0.3, 0.4) is 0 Å². The maximum Gasteiger partial charge on any atom is 0.262 e. The number of halogens is 2. The molecule has 3 aromatic rings. The molecule has 1 aliphatic rings. The van der Waals surface area contributed by atoms with E-state index in [1.807, 2.05) is 32.0 Å². The molecule has 10 nitrogen and oxygen atoms in total. The summed E-state index contributed by atoms with van der Waals surface area (Å²) in [5.74, 6) is 1.91. The highest BCUT2D eigenvalue weighted by atomic mass is 35.5. The van der Waals surface area contributed by atoms with Crippen LogP contribution in [0, 0.1) is 5.92 Å². The fraction of sp³-hybridized carbons (Fsp3) is 0.323. The van der Waals surface area contributed by atoms with Gasteiger partial charge in [0.25, 0.3) is 11.8 Å². The van der Waals surface area contributed by atoms with E-state index in [1.54, 1.807) is 37.3 Å². The standard InChI is InChI=1S/C31H33Cl2N3O7/c1-18(2)11-24(35-30(37)19(3)43-25-10-7-22(32)14-23(25)33)31(38)36-34-15-20-5-8-26(28(12-20)39-4)40-16-21-6-9-27-29(13-21)42-17-41-27/h5-10,12-15,18-19,24H,11,16-17H2,1-4H3,(H,35,37)(H,36,38)/b34-15-/t19-,24-/m0/s1. The van der Waals surface area contributed by atoms with Crippen molar-refractivity contribution in [2.75, 3.05) is 13.9 Å². The fourth-order valence-electron chi connectivity index (χ4n) is 4.13. The number of rotatable bonds is 13. The number of carbonyl (C=O) groups is 2. The van der Waals surface area contributed by atoms with Gasteiger partial charge >= 0.3 is 0 Å². The summed E-state index contributed by atoms with van der Waals surface area (Å²) >= 11 is 12.1. The van der Waals surface area contributed by atoms with Gasteiger partial charge in [-0.3, -0.25) is 9.59 Å². The predicted octanol–water partition coefficient (Wildman–Crippen LogP) is 5.76. The monoisotopic (exact) mass is 629 g/mol. The third-order valence-corrected chi connectivity index (χ3v) is 6.84. The summed E-state index contributed by atoms with van der Waals surface area (Å²) in [6.07, 6.45) is 0.956. The van der Waals surface area contributed by atoms with Crippen molar-refractivity contribution in [1.29, 1.82) is 0 Å². The number of ether oxygens (including phenoxy) is 5. The first kappa shape index (κ1) is 31.8. The zero-order chi connectivity index (χ0) is 30.9. The van der Waals surface area contributed by atoms with Gasteiger partial charge in [0.15, 0.2) is 29.1 Å². The minimum absolute atomic E-state index is 0.122. The van der Waals surface area contributed by atoms with Gasteiger partial charge in [0.2, 0.25) is 6.79 Å². The molecule has 3 aromatic carbocycles. The highest BCUT2D eigenvalue weighted by molar-refractivity contribution is 6.35. The van der Waals surface area contributed by atoms with Crippen molar-refractivity contribution in [1.82, 2.24) is 10.7 Å². The molecular weight excluding hydrogens is 597 g/mol. The number of hydrogen-bond donors (Lipinski definition) is 2. The first-order valence-corrected chi connectivity index (χ1v) is 14.3. The van der Waals surface area contributed by atoms with Gasteiger partial charge in [-0.2, -0.15) is 5.10 Å². The lowest BCUT2D eigenvalue weighted by Gasteiger charge is -2.22. The van der Waals surface area contributed by atoms with Crippen molar-refractivity contribution in [3.63, 3.8) is 0 Å². The molecule has 43 heavy (non-hydrogen) atoms. The topological polar surface area (TPSA) is 117 Å². The van der Waals surface area contributed by atoms with E-state index in [-0.39, 0.29) is 17.7 Å². The third kappa shape index (κ3) is 8.92. The molecule has 0 saturated heterocycles. The van der Waals surface area contributed by atoms with Crippen LogP contribution in [0.2, 0.25) is 10.0 Å². The first-order chi connectivity index (χ1) is 20.6. The van der Waals surface area contributed by atoms with Gasteiger partial charge in [0, 0.05) is 5.02 Å². The Labute approximate surface area is 260 Å². The lowest BCUT2D eigenvalue weighted by Crippen LogP contribution is -2.49. The molecule has 1 aliphatic heterocycles. The van der Waals surface area contributed by atoms with E-state index >= 15 is 0 Å². The average Bonchev–Trinajstić information content (AvgIpc) is 3.45. The Kier molecular flexibility index (Phi) is 11.0. The summed E-state index contributed by atoms with van der Waals surface area (Å²) < 4.78 is 27.9. The average molecular weight is 631 g/mol. The summed E-state index contributed by atoms with van der Waals surface area (Å²) in [7, 11) is 1.54. The molecule has 4 rings (SSSR count). The molecule has 0 radical (unpaired) electrons. The van der Waals surface area contributed by atoms with E-state index in [4.69, 9.17) is 46.9 Å². The smallest absolute Gasteiger partial charge is 0.262 e. The minimum Gasteiger partial charge on any atom is -0.493 e. The van der Waals surface area contributed by atoms with Gasteiger partial charge in [-0.05, 0) is 78.9 Å². The van der Waals surface area contributed by atoms with E-state index in [1.165, 1.54) is 19.4 Å². The van der Waals surface area contributed by atoms with Gasteiger partial charge in [0.1, 0.15) is 18.4 Å². The van der Waals surface area contributed by atoms with E-state index in [0.717, 1.165) is 5.56 Å². The van der Waals surface area contributed by atoms with Crippen LogP contribution in [-0.2, 0) is 16.2 Å². The number of hydrazone groups is 1. The third-order valence-electron chi connectivity index (χ3n) is 6.31. The molecule has 0 unspecified atom stereocenters. The second-order valence-electron chi connectivity index (χ2n) is 10.1. The van der Waals surface area contributed by atoms with Crippen molar-refractivity contribution in [3.8, 4) is 28.7 Å². The van der Waals surface area contributed by atoms with Gasteiger partial charge in [0.05, 0.1) is 18.3 Å². The normalized spacial score (nSPS) is 13.5. The van der Waals surface area contributed by atoms with Crippen LogP contribution in [0.4, 0.5) is 0 Å². The van der Waals surface area contributed by atoms with Gasteiger partial charge in [-0.15, -0.1) is 0 Å². The van der Waals surface area contributed by atoms with Crippen LogP contribution < -0.4 is 34.4 Å². The summed E-state index contributed by atoms with van der Waals surface area (Å²) in [6.45, 7) is 5.98. The van der Waals surface area contributed by atoms with Gasteiger partial charge in [-0.1, -0.05) is 43.1 Å². The van der Waals surface area contributed by atoms with Crippen molar-refractivity contribution in [2.24, 2.45) is 11.0 Å². The zero-order valence-corrected chi connectivity index (χ0v) is 25.7. The predicted molar refractivity (Wildman–Crippen MR) is 164 cm³/mol. The van der Waals surface area contributed by atoms with Crippen LogP contribution in [0.25, 0.3) is 0 Å². The lowest BCUT2D eigenvalue weighted by atomic mass is 10.0. The highest BCUT2D eigenvalue weighted by Gasteiger charge is 2.25. The molecule has 0 aliphatic carbocycles. The van der Waals surface area contributed by atoms with Crippen LogP contribution >= 0.6 is 23.2 Å². The van der Waals surface area contributed by atoms with Gasteiger partial charge in [-0.25, -0.2) is 5.43 Å². The molecular formula is C31H33Cl2N3O7. The van der Waals surface area contributed by atoms with E-state index in [0.29, 0.717) is 52.4 Å². The SMILES string of the molecule is COc1cc(/C=N\NC(=O)[C@H](CC(C)C)NC(=O)[C@H](C)Oc2ccc(Cl)cc2Cl)ccc1OCc1ccc2c(c1)OCO2. The summed E-state index contributed by atoms with van der Waals surface area (Å²) in [5.41, 5.74) is 4.09. The number of hydrogen-bond acceptors (Lipinski definition) is 8. The molecule has 2 amide bonds. The van der Waals surface area contributed by atoms with Crippen LogP contribution in [0.15, 0.2) is 59.7 Å². The molecule has 0 aromatic heterocycles. The Morgan fingerprint density at radius 2 is 1.72 bits per heavy atom. The maximum atomic E-state index is 13.0. The number of carbonyl (C=O) groups excluding carboxylic acids is 2. The molecule has 2 atom stereocenters. The number of benzene rings is 3. The molecule has 1 heterocycles. The van der Waals surface area contributed by atoms with E-state index in [9.17, 15) is 9.59 Å². The second-order valence-corrected chi connectivity index (χ2v) is 11.0. The zero-order valence-electron chi connectivity index (χ0n) is 24.2. The largest absolute Gasteiger partial charge is 0.493 e. The summed E-state index contributed by atoms with van der Waals surface area (Å²) in [4.78, 5) is 25.8. The molecule has 228 valence electrons. The van der Waals surface area contributed by atoms with Crippen LogP contribution in [-0.4, -0.2) is 44.1 Å². The molecule has 0 saturated carbocycles. The van der Waals surface area contributed by atoms with Crippen LogP contribution in [0.1, 0.15) is 38.3 Å². The molecule has 0 bridgehead atoms. The molecule has 0 spiro atoms. The first-order valence-electron chi connectivity index (χ1n) is 13.6. The summed E-state index contributed by atoms with van der Waals surface area (Å²) in [6, 6.07) is 14.8. The maximum absolute atomic E-state index is 13.0. The van der Waals surface area contributed by atoms with Gasteiger partial charge < -0.3 is 29.0 Å². The number of amides is 2. The van der Waals surface area contributed by atoms with Crippen molar-refractivity contribution < 1.29 is 33.3 Å². The highest BCUT2D eigenvalue weighted by Crippen LogP contribution is 2.34. The van der Waals surface area contributed by atoms with E-state index in [2.05, 4.69) is 15.8 Å². The molecule has 2 N–H and O–H groups in total. The Morgan fingerprint density at radius 3 is 2.47 bits per heavy atom. The number of methoxy groups -OCH3 is 1. The number of nitrogens with zero attached hydrogens (tertiary/aromatic N) is 1. The Balaban J connectivity index is 1.33. The van der Waals surface area contributed by atoms with E-state index < -0.39 is 24.0 Å². The second kappa shape index (κ2) is 14.8. The summed E-state index contributed by atoms with van der Waals surface area (Å²) in [5, 5.41) is 7.55. The lowest BCUT2D eigenvalue weighted by molar-refractivity contribution is -0.132. The van der Waals surface area contributed by atoms with Crippen molar-refractivity contribution in [2.45, 2.75) is 45.9 Å². The number of nitrogens with one attached hydrogen (secondary N) is 2.